The molecule has 1 heterocycles. The Balaban J connectivity index is 0.000000202. The molecule has 0 bridgehead atoms. The summed E-state index contributed by atoms with van der Waals surface area (Å²) in [6.45, 7) is 6.74. The van der Waals surface area contributed by atoms with Gasteiger partial charge in [0.1, 0.15) is 0 Å². The molecule has 1 saturated heterocycles. The standard InChI is InChI=1S/C4H10N2.C2H7NO2S/c1-2-6-4-3-5-1;1-2-3-6(4)5/h5-6H,1-4H2;3H,2H2,1H3,(H,4,5)/p-1. The highest BCUT2D eigenvalue weighted by molar-refractivity contribution is 7.77. The Hall–Kier alpha value is -0.0100. The third-order valence-corrected chi connectivity index (χ3v) is 1.74. The van der Waals surface area contributed by atoms with E-state index in [9.17, 15) is 8.76 Å². The molecule has 0 saturated carbocycles. The molecular formula is C6H16N3O2S-. The fourth-order valence-corrected chi connectivity index (χ4v) is 0.957. The van der Waals surface area contributed by atoms with Crippen LogP contribution in [0.25, 0.3) is 0 Å². The molecule has 1 aliphatic rings. The number of piperazine rings is 1. The second kappa shape index (κ2) is 9.08. The van der Waals surface area contributed by atoms with Gasteiger partial charge in [-0.1, -0.05) is 6.92 Å². The van der Waals surface area contributed by atoms with E-state index in [1.165, 1.54) is 0 Å². The van der Waals surface area contributed by atoms with Crippen LogP contribution in [-0.4, -0.2) is 41.5 Å². The first-order valence-corrected chi connectivity index (χ1v) is 5.09. The van der Waals surface area contributed by atoms with Crippen LogP contribution in [0.3, 0.4) is 0 Å². The fraction of sp³-hybridized carbons (Fsp3) is 1.00. The Morgan fingerprint density at radius 1 is 1.33 bits per heavy atom. The molecule has 12 heavy (non-hydrogen) atoms. The second-order valence-electron chi connectivity index (χ2n) is 2.23. The van der Waals surface area contributed by atoms with Crippen molar-refractivity contribution < 1.29 is 8.76 Å². The van der Waals surface area contributed by atoms with E-state index < -0.39 is 11.3 Å². The van der Waals surface area contributed by atoms with Crippen molar-refractivity contribution in [3.05, 3.63) is 0 Å². The maximum absolute atomic E-state index is 9.49. The first-order valence-electron chi connectivity index (χ1n) is 4.01. The van der Waals surface area contributed by atoms with Gasteiger partial charge in [-0.2, -0.15) is 0 Å². The number of rotatable bonds is 2. The molecule has 0 aromatic carbocycles. The molecule has 0 spiro atoms. The molecule has 1 aliphatic heterocycles. The van der Waals surface area contributed by atoms with Gasteiger partial charge >= 0.3 is 0 Å². The van der Waals surface area contributed by atoms with Crippen molar-refractivity contribution in [1.82, 2.24) is 15.4 Å². The molecule has 0 aromatic heterocycles. The van der Waals surface area contributed by atoms with E-state index in [1.807, 2.05) is 0 Å². The van der Waals surface area contributed by atoms with E-state index in [0.29, 0.717) is 6.54 Å². The van der Waals surface area contributed by atoms with E-state index in [-0.39, 0.29) is 0 Å². The summed E-state index contributed by atoms with van der Waals surface area (Å²) in [5, 5.41) is 6.44. The highest BCUT2D eigenvalue weighted by Gasteiger charge is 1.91. The molecule has 0 radical (unpaired) electrons. The summed E-state index contributed by atoms with van der Waals surface area (Å²) in [4.78, 5) is 0. The maximum atomic E-state index is 9.49. The highest BCUT2D eigenvalue weighted by atomic mass is 32.2. The van der Waals surface area contributed by atoms with Crippen LogP contribution in [0.4, 0.5) is 0 Å². The molecule has 0 amide bonds. The molecule has 1 atom stereocenters. The number of hydrogen-bond acceptors (Lipinski definition) is 4. The van der Waals surface area contributed by atoms with E-state index in [4.69, 9.17) is 0 Å². The molecule has 3 N–H and O–H groups in total. The molecule has 1 unspecified atom stereocenters. The minimum absolute atomic E-state index is 0.468. The lowest BCUT2D eigenvalue weighted by atomic mass is 10.4. The van der Waals surface area contributed by atoms with Gasteiger partial charge in [0.05, 0.1) is 0 Å². The van der Waals surface area contributed by atoms with Gasteiger partial charge in [0.15, 0.2) is 0 Å². The predicted molar refractivity (Wildman–Crippen MR) is 48.3 cm³/mol. The largest absolute Gasteiger partial charge is 0.760 e. The Kier molecular flexibility index (Phi) is 9.07. The van der Waals surface area contributed by atoms with Gasteiger partial charge in [0, 0.05) is 44.0 Å². The molecular weight excluding hydrogens is 178 g/mol. The van der Waals surface area contributed by atoms with E-state index >= 15 is 0 Å². The van der Waals surface area contributed by atoms with Crippen LogP contribution >= 0.6 is 0 Å². The summed E-state index contributed by atoms with van der Waals surface area (Å²) in [5.41, 5.74) is 0. The zero-order chi connectivity index (χ0) is 9.23. The fourth-order valence-electron chi connectivity index (χ4n) is 0.721. The van der Waals surface area contributed by atoms with Crippen molar-refractivity contribution in [1.29, 1.82) is 0 Å². The second-order valence-corrected chi connectivity index (χ2v) is 2.99. The average molecular weight is 194 g/mol. The van der Waals surface area contributed by atoms with Crippen molar-refractivity contribution in [2.45, 2.75) is 6.92 Å². The molecule has 5 nitrogen and oxygen atoms in total. The van der Waals surface area contributed by atoms with Gasteiger partial charge in [-0.05, 0) is 0 Å². The molecule has 1 rings (SSSR count). The summed E-state index contributed by atoms with van der Waals surface area (Å²) >= 11 is -2.07. The summed E-state index contributed by atoms with van der Waals surface area (Å²) in [6, 6.07) is 0. The van der Waals surface area contributed by atoms with Gasteiger partial charge in [-0.3, -0.25) is 4.21 Å². The minimum atomic E-state index is -2.07. The van der Waals surface area contributed by atoms with Crippen molar-refractivity contribution in [3.8, 4) is 0 Å². The van der Waals surface area contributed by atoms with Crippen LogP contribution in [0.5, 0.6) is 0 Å². The lowest BCUT2D eigenvalue weighted by Crippen LogP contribution is -2.39. The smallest absolute Gasteiger partial charge is 0.0180 e. The van der Waals surface area contributed by atoms with Crippen molar-refractivity contribution in [2.75, 3.05) is 32.7 Å². The summed E-state index contributed by atoms with van der Waals surface area (Å²) < 4.78 is 21.1. The maximum Gasteiger partial charge on any atom is 0.0180 e. The molecule has 6 heteroatoms. The Morgan fingerprint density at radius 2 is 1.75 bits per heavy atom. The van der Waals surface area contributed by atoms with Gasteiger partial charge in [-0.25, -0.2) is 4.72 Å². The van der Waals surface area contributed by atoms with Gasteiger partial charge < -0.3 is 15.2 Å². The Morgan fingerprint density at radius 3 is 1.83 bits per heavy atom. The van der Waals surface area contributed by atoms with Crippen molar-refractivity contribution in [2.24, 2.45) is 0 Å². The van der Waals surface area contributed by atoms with Crippen molar-refractivity contribution >= 4 is 11.3 Å². The lowest BCUT2D eigenvalue weighted by Gasteiger charge is -2.11. The minimum Gasteiger partial charge on any atom is -0.760 e. The third kappa shape index (κ3) is 9.99. The third-order valence-electron chi connectivity index (χ3n) is 1.22. The van der Waals surface area contributed by atoms with Crippen LogP contribution in [0.1, 0.15) is 6.92 Å². The normalized spacial score (nSPS) is 19.2. The monoisotopic (exact) mass is 194 g/mol. The topological polar surface area (TPSA) is 76.2 Å². The number of hydrogen-bond donors (Lipinski definition) is 3. The van der Waals surface area contributed by atoms with Crippen LogP contribution in [0, 0.1) is 0 Å². The van der Waals surface area contributed by atoms with Crippen molar-refractivity contribution in [3.63, 3.8) is 0 Å². The van der Waals surface area contributed by atoms with Crippen LogP contribution in [-0.2, 0) is 11.3 Å². The van der Waals surface area contributed by atoms with E-state index in [2.05, 4.69) is 15.4 Å². The first kappa shape index (κ1) is 12.0. The Bertz CT molecular complexity index is 108. The van der Waals surface area contributed by atoms with Gasteiger partial charge in [0.25, 0.3) is 0 Å². The van der Waals surface area contributed by atoms with E-state index in [0.717, 1.165) is 26.2 Å². The predicted octanol–water partition coefficient (Wildman–Crippen LogP) is -1.43. The van der Waals surface area contributed by atoms with Gasteiger partial charge in [-0.15, -0.1) is 0 Å². The highest BCUT2D eigenvalue weighted by Crippen LogP contribution is 1.65. The van der Waals surface area contributed by atoms with Crippen LogP contribution in [0.2, 0.25) is 0 Å². The zero-order valence-electron chi connectivity index (χ0n) is 7.26. The lowest BCUT2D eigenvalue weighted by molar-refractivity contribution is 0.525. The van der Waals surface area contributed by atoms with Crippen LogP contribution < -0.4 is 15.4 Å². The number of nitrogens with one attached hydrogen (secondary N) is 3. The first-order chi connectivity index (χ1) is 5.77. The molecule has 1 fully saturated rings. The Labute approximate surface area is 75.7 Å². The quantitative estimate of drug-likeness (QED) is 0.471. The molecule has 0 aromatic rings. The summed E-state index contributed by atoms with van der Waals surface area (Å²) in [5.74, 6) is 0. The summed E-state index contributed by atoms with van der Waals surface area (Å²) in [7, 11) is 0. The average Bonchev–Trinajstić information content (AvgIpc) is 2.08. The molecule has 0 aliphatic carbocycles. The summed E-state index contributed by atoms with van der Waals surface area (Å²) in [6.07, 6.45) is 0. The van der Waals surface area contributed by atoms with Gasteiger partial charge in [0.2, 0.25) is 0 Å². The van der Waals surface area contributed by atoms with E-state index in [1.54, 1.807) is 6.92 Å². The SMILES string of the molecule is C1CNCCN1.CCNS(=O)[O-]. The van der Waals surface area contributed by atoms with Crippen LogP contribution in [0.15, 0.2) is 0 Å². The zero-order valence-corrected chi connectivity index (χ0v) is 8.08. The molecule has 74 valence electrons.